The molecule has 2 aliphatic carbocycles. The first-order chi connectivity index (χ1) is 26.6. The molecule has 0 aromatic heterocycles. The van der Waals surface area contributed by atoms with E-state index in [9.17, 15) is 19.2 Å². The van der Waals surface area contributed by atoms with Crippen molar-refractivity contribution in [1.29, 1.82) is 0 Å². The molecule has 2 aliphatic rings. The summed E-state index contributed by atoms with van der Waals surface area (Å²) in [5, 5.41) is 11.6. The number of terminal acetylenes is 2. The van der Waals surface area contributed by atoms with E-state index in [-0.39, 0.29) is 24.3 Å². The van der Waals surface area contributed by atoms with Crippen molar-refractivity contribution in [2.24, 2.45) is 17.6 Å². The van der Waals surface area contributed by atoms with Gasteiger partial charge in [0.1, 0.15) is 12.3 Å². The van der Waals surface area contributed by atoms with Crippen LogP contribution in [0, 0.1) is 43.1 Å². The predicted octanol–water partition coefficient (Wildman–Crippen LogP) is 9.59. The molecule has 0 aliphatic heterocycles. The van der Waals surface area contributed by atoms with Crippen molar-refractivity contribution in [3.63, 3.8) is 0 Å². The molecule has 0 saturated heterocycles. The molecule has 0 radical (unpaired) electrons. The van der Waals surface area contributed by atoms with Crippen LogP contribution in [0.25, 0.3) is 4.85 Å². The van der Waals surface area contributed by atoms with Crippen LogP contribution in [0.3, 0.4) is 0 Å². The fourth-order valence-electron chi connectivity index (χ4n) is 5.88. The molecule has 300 valence electrons. The van der Waals surface area contributed by atoms with E-state index in [2.05, 4.69) is 74.1 Å². The molecular weight excluding hydrogens is 824 g/mol. The number of carbonyl (C=O) groups excluding carboxylic acids is 3. The maximum absolute atomic E-state index is 13.3. The average molecular weight is 885 g/mol. The van der Waals surface area contributed by atoms with Crippen LogP contribution >= 0.6 is 31.9 Å². The molecule has 2 fully saturated rings. The fourth-order valence-corrected chi connectivity index (χ4v) is 6.79. The Balaban J connectivity index is 0.000000839. The second-order valence-corrected chi connectivity index (χ2v) is 14.8. The summed E-state index contributed by atoms with van der Waals surface area (Å²) in [5.41, 5.74) is 5.62. The molecule has 0 spiro atoms. The third kappa shape index (κ3) is 22.3. The Hall–Kier alpha value is -3.95. The normalized spacial score (nSPS) is 13.9. The Bertz CT molecular complexity index is 1520. The van der Waals surface area contributed by atoms with Crippen LogP contribution in [0.1, 0.15) is 124 Å². The summed E-state index contributed by atoms with van der Waals surface area (Å²) in [5.74, 6) is 4.18. The number of benzene rings is 2. The number of nitrogens with zero attached hydrogens (tertiary/aromatic N) is 2. The van der Waals surface area contributed by atoms with Crippen molar-refractivity contribution < 1.29 is 24.3 Å². The number of unbranched alkanes of at least 4 members (excludes halogenated alkanes) is 2. The van der Waals surface area contributed by atoms with E-state index in [0.717, 1.165) is 70.5 Å². The summed E-state index contributed by atoms with van der Waals surface area (Å²) in [7, 11) is 0. The smallest absolute Gasteiger partial charge is 0.336 e. The highest BCUT2D eigenvalue weighted by Gasteiger charge is 2.37. The Labute approximate surface area is 347 Å². The number of nitrogens with two attached hydrogens (primary N) is 1. The van der Waals surface area contributed by atoms with E-state index in [4.69, 9.17) is 23.8 Å². The molecule has 55 heavy (non-hydrogen) atoms. The Morgan fingerprint density at radius 1 is 0.909 bits per heavy atom. The standard InChI is InChI=1S/C22H29BrN2O2.C7H5BrO2.C7H12O.C5H9N.C3H5N/c1-3-5-15-24-21(26)20(17-11-7-6-8-12-17)25(16-4-2)22(27)18-13-9-10-14-19(18)23;8-6-4-2-1-3-5(6)7(9)10;8-6-7-4-2-1-3-5-7;1-3-4-5-6-2;1-2-3-4/h2,9-10,13-14,17,20H,3,5-8,11-12,15-16H2,1H3,(H,24,26);1-4H,(H,9,10);6-7H,1-5H2;3-5H2,1H3;1H,3-4H2. The van der Waals surface area contributed by atoms with E-state index in [1.807, 2.05) is 18.2 Å². The molecule has 0 heterocycles. The summed E-state index contributed by atoms with van der Waals surface area (Å²) < 4.78 is 1.33. The van der Waals surface area contributed by atoms with Gasteiger partial charge in [-0.25, -0.2) is 11.4 Å². The number of amides is 2. The van der Waals surface area contributed by atoms with Crippen LogP contribution in [0.5, 0.6) is 0 Å². The molecule has 1 atom stereocenters. The van der Waals surface area contributed by atoms with Gasteiger partial charge >= 0.3 is 5.97 Å². The number of aromatic carboxylic acids is 1. The first kappa shape index (κ1) is 51.0. The van der Waals surface area contributed by atoms with E-state index in [1.54, 1.807) is 35.2 Å². The Kier molecular flexibility index (Phi) is 31.0. The number of carbonyl (C=O) groups is 4. The molecule has 2 amide bonds. The van der Waals surface area contributed by atoms with Gasteiger partial charge in [0.2, 0.25) is 12.5 Å². The largest absolute Gasteiger partial charge is 0.478 e. The van der Waals surface area contributed by atoms with Crippen molar-refractivity contribution in [2.75, 3.05) is 26.2 Å². The van der Waals surface area contributed by atoms with Gasteiger partial charge < -0.3 is 30.7 Å². The van der Waals surface area contributed by atoms with Gasteiger partial charge in [-0.3, -0.25) is 9.59 Å². The fraction of sp³-hybridized carbons (Fsp3) is 0.523. The van der Waals surface area contributed by atoms with E-state index >= 15 is 0 Å². The molecule has 2 saturated carbocycles. The van der Waals surface area contributed by atoms with Crippen molar-refractivity contribution >= 4 is 55.9 Å². The predicted molar refractivity (Wildman–Crippen MR) is 230 cm³/mol. The van der Waals surface area contributed by atoms with Crippen LogP contribution in [-0.2, 0) is 9.59 Å². The van der Waals surface area contributed by atoms with Gasteiger partial charge in [-0.15, -0.1) is 12.8 Å². The summed E-state index contributed by atoms with van der Waals surface area (Å²) >= 11 is 6.57. The maximum Gasteiger partial charge on any atom is 0.336 e. The van der Waals surface area contributed by atoms with Crippen LogP contribution < -0.4 is 11.1 Å². The number of carboxylic acid groups (broad SMARTS) is 1. The molecule has 4 N–H and O–H groups in total. The van der Waals surface area contributed by atoms with Gasteiger partial charge in [0, 0.05) is 27.8 Å². The van der Waals surface area contributed by atoms with Crippen molar-refractivity contribution in [3.8, 4) is 24.7 Å². The summed E-state index contributed by atoms with van der Waals surface area (Å²) in [4.78, 5) is 51.7. The van der Waals surface area contributed by atoms with Crippen LogP contribution in [0.4, 0.5) is 0 Å². The molecule has 2 aromatic rings. The van der Waals surface area contributed by atoms with Crippen molar-refractivity contribution in [3.05, 3.63) is 80.0 Å². The zero-order chi connectivity index (χ0) is 41.3. The lowest BCUT2D eigenvalue weighted by molar-refractivity contribution is -0.127. The van der Waals surface area contributed by atoms with Gasteiger partial charge in [-0.05, 0) is 101 Å². The number of halogens is 2. The molecule has 9 nitrogen and oxygen atoms in total. The molecule has 0 bridgehead atoms. The summed E-state index contributed by atoms with van der Waals surface area (Å²) in [6.07, 6.45) is 26.9. The number of carboxylic acids is 1. The minimum absolute atomic E-state index is 0.0778. The highest BCUT2D eigenvalue weighted by atomic mass is 79.9. The monoisotopic (exact) mass is 882 g/mol. The second kappa shape index (κ2) is 33.4. The molecule has 1 unspecified atom stereocenters. The third-order valence-electron chi connectivity index (χ3n) is 8.84. The van der Waals surface area contributed by atoms with E-state index < -0.39 is 12.0 Å². The minimum Gasteiger partial charge on any atom is -0.478 e. The van der Waals surface area contributed by atoms with Crippen molar-refractivity contribution in [2.45, 2.75) is 110 Å². The molecule has 11 heteroatoms. The lowest BCUT2D eigenvalue weighted by atomic mass is 9.82. The zero-order valence-corrected chi connectivity index (χ0v) is 35.8. The van der Waals surface area contributed by atoms with Gasteiger partial charge in [-0.2, -0.15) is 0 Å². The topological polar surface area (TPSA) is 134 Å². The first-order valence-corrected chi connectivity index (χ1v) is 20.8. The van der Waals surface area contributed by atoms with Crippen LogP contribution in [0.15, 0.2) is 57.5 Å². The van der Waals surface area contributed by atoms with Gasteiger partial charge in [0.25, 0.3) is 5.91 Å². The average Bonchev–Trinajstić information content (AvgIpc) is 3.21. The van der Waals surface area contributed by atoms with E-state index in [0.29, 0.717) is 45.6 Å². The SMILES string of the molecule is C#CCN.C#CCN(C(=O)c1ccccc1Br)C(C(=O)NCCCC)C1CCCCC1.O=C(O)c1ccccc1Br.O=CC1CCCCC1.[C-]#[N+]CCCC. The highest BCUT2D eigenvalue weighted by Crippen LogP contribution is 2.31. The van der Waals surface area contributed by atoms with E-state index in [1.165, 1.54) is 25.7 Å². The minimum atomic E-state index is -0.910. The zero-order valence-electron chi connectivity index (χ0n) is 32.6. The maximum atomic E-state index is 13.3. The Morgan fingerprint density at radius 2 is 1.42 bits per heavy atom. The lowest BCUT2D eigenvalue weighted by Gasteiger charge is -2.37. The first-order valence-electron chi connectivity index (χ1n) is 19.2. The van der Waals surface area contributed by atoms with Gasteiger partial charge in [0.05, 0.1) is 24.2 Å². The van der Waals surface area contributed by atoms with Crippen LogP contribution in [-0.4, -0.2) is 66.3 Å². The number of aldehydes is 1. The number of hydrogen-bond acceptors (Lipinski definition) is 5. The highest BCUT2D eigenvalue weighted by molar-refractivity contribution is 9.10. The second-order valence-electron chi connectivity index (χ2n) is 13.1. The lowest BCUT2D eigenvalue weighted by Crippen LogP contribution is -2.54. The number of rotatable bonds is 12. The summed E-state index contributed by atoms with van der Waals surface area (Å²) in [6, 6.07) is 13.5. The van der Waals surface area contributed by atoms with Gasteiger partial charge in [0.15, 0.2) is 0 Å². The van der Waals surface area contributed by atoms with Crippen LogP contribution in [0.2, 0.25) is 0 Å². The number of hydrogen-bond donors (Lipinski definition) is 3. The number of nitrogens with one attached hydrogen (secondary N) is 1. The summed E-state index contributed by atoms with van der Waals surface area (Å²) in [6.45, 7) is 12.3. The van der Waals surface area contributed by atoms with Gasteiger partial charge in [-0.1, -0.05) is 94.9 Å². The third-order valence-corrected chi connectivity index (χ3v) is 10.2. The molecular formula is C44H60Br2N4O5. The quantitative estimate of drug-likeness (QED) is 0.0842. The van der Waals surface area contributed by atoms with Crippen molar-refractivity contribution in [1.82, 2.24) is 10.2 Å². The molecule has 4 rings (SSSR count). The Morgan fingerprint density at radius 3 is 1.80 bits per heavy atom. The molecule has 2 aromatic carbocycles.